The van der Waals surface area contributed by atoms with E-state index in [1.54, 1.807) is 0 Å². The minimum atomic E-state index is -0.468. The average Bonchev–Trinajstić information content (AvgIpc) is 3.06. The van der Waals surface area contributed by atoms with Gasteiger partial charge >= 0.3 is 5.97 Å². The molecule has 0 bridgehead atoms. The van der Waals surface area contributed by atoms with E-state index in [1.165, 1.54) is 18.3 Å². The first-order chi connectivity index (χ1) is 14.1. The number of aliphatic hydroxyl groups is 2. The zero-order valence-electron chi connectivity index (χ0n) is 18.9. The summed E-state index contributed by atoms with van der Waals surface area (Å²) in [5, 5.41) is 21.7. The standard InChI is InChI=1S/C25H38O5/c1-14(5-8-22(29)30-4)17-6-7-18-23-19(13-21(28)25(17,18)3)24(2)10-9-16(26)11-15(24)12-20(23)27/h15-16,18-19,21,23,26,28H,5-13H2,1-4H3/b17-14+/t15-,16+,18?,19?,21-,23?,24-,25+/m0/s1. The van der Waals surface area contributed by atoms with E-state index in [9.17, 15) is 19.8 Å². The normalized spacial score (nSPS) is 47.2. The topological polar surface area (TPSA) is 83.8 Å². The van der Waals surface area contributed by atoms with Crippen LogP contribution in [0, 0.1) is 34.5 Å². The van der Waals surface area contributed by atoms with Crippen LogP contribution in [0.15, 0.2) is 11.1 Å². The number of carbonyl (C=O) groups excluding carboxylic acids is 2. The number of ether oxygens (including phenoxy) is 1. The summed E-state index contributed by atoms with van der Waals surface area (Å²) < 4.78 is 4.80. The van der Waals surface area contributed by atoms with Gasteiger partial charge in [-0.25, -0.2) is 0 Å². The number of esters is 1. The van der Waals surface area contributed by atoms with E-state index in [1.807, 2.05) is 0 Å². The highest BCUT2D eigenvalue weighted by atomic mass is 16.5. The van der Waals surface area contributed by atoms with Crippen LogP contribution < -0.4 is 0 Å². The Balaban J connectivity index is 1.65. The van der Waals surface area contributed by atoms with E-state index in [0.29, 0.717) is 31.5 Å². The molecular formula is C25H38O5. The van der Waals surface area contributed by atoms with E-state index in [-0.39, 0.29) is 46.6 Å². The highest BCUT2D eigenvalue weighted by Gasteiger charge is 2.64. The second kappa shape index (κ2) is 7.74. The quantitative estimate of drug-likeness (QED) is 0.538. The third kappa shape index (κ3) is 3.19. The third-order valence-corrected chi connectivity index (χ3v) is 9.78. The van der Waals surface area contributed by atoms with Crippen molar-refractivity contribution in [1.82, 2.24) is 0 Å². The number of ketones is 1. The van der Waals surface area contributed by atoms with Crippen LogP contribution in [-0.2, 0) is 14.3 Å². The minimum Gasteiger partial charge on any atom is -0.469 e. The molecule has 5 heteroatoms. The maximum absolute atomic E-state index is 13.4. The first kappa shape index (κ1) is 22.0. The van der Waals surface area contributed by atoms with Crippen LogP contribution in [-0.4, -0.2) is 41.3 Å². The summed E-state index contributed by atoms with van der Waals surface area (Å²) in [5.74, 6) is 0.782. The highest BCUT2D eigenvalue weighted by molar-refractivity contribution is 5.83. The van der Waals surface area contributed by atoms with Crippen LogP contribution in [0.1, 0.15) is 78.6 Å². The van der Waals surface area contributed by atoms with Crippen molar-refractivity contribution < 1.29 is 24.5 Å². The molecule has 4 fully saturated rings. The summed E-state index contributed by atoms with van der Waals surface area (Å²) in [4.78, 5) is 25.0. The Kier molecular flexibility index (Phi) is 5.68. The van der Waals surface area contributed by atoms with E-state index in [4.69, 9.17) is 4.74 Å². The molecule has 0 amide bonds. The first-order valence-corrected chi connectivity index (χ1v) is 11.8. The predicted molar refractivity (Wildman–Crippen MR) is 113 cm³/mol. The maximum atomic E-state index is 13.4. The van der Waals surface area contributed by atoms with Gasteiger partial charge in [0.2, 0.25) is 0 Å². The second-order valence-electron chi connectivity index (χ2n) is 10.9. The Morgan fingerprint density at radius 2 is 1.87 bits per heavy atom. The summed E-state index contributed by atoms with van der Waals surface area (Å²) in [6.45, 7) is 6.55. The molecule has 0 radical (unpaired) electrons. The number of rotatable bonds is 3. The Labute approximate surface area is 180 Å². The molecule has 0 saturated heterocycles. The van der Waals surface area contributed by atoms with Gasteiger partial charge in [-0.15, -0.1) is 0 Å². The number of allylic oxidation sites excluding steroid dienone is 1. The molecule has 4 saturated carbocycles. The molecule has 4 aliphatic carbocycles. The minimum absolute atomic E-state index is 0.0146. The molecule has 4 rings (SSSR count). The molecule has 8 atom stereocenters. The van der Waals surface area contributed by atoms with Crippen molar-refractivity contribution in [2.75, 3.05) is 7.11 Å². The Bertz CT molecular complexity index is 757. The molecule has 0 aromatic rings. The van der Waals surface area contributed by atoms with Gasteiger partial charge in [-0.3, -0.25) is 9.59 Å². The van der Waals surface area contributed by atoms with Gasteiger partial charge in [0.15, 0.2) is 0 Å². The molecule has 30 heavy (non-hydrogen) atoms. The van der Waals surface area contributed by atoms with E-state index < -0.39 is 6.10 Å². The van der Waals surface area contributed by atoms with Gasteiger partial charge in [-0.2, -0.15) is 0 Å². The molecule has 2 N–H and O–H groups in total. The van der Waals surface area contributed by atoms with Crippen molar-refractivity contribution >= 4 is 11.8 Å². The molecular weight excluding hydrogens is 380 g/mol. The number of hydrogen-bond donors (Lipinski definition) is 2. The van der Waals surface area contributed by atoms with Gasteiger partial charge in [0.1, 0.15) is 5.78 Å². The maximum Gasteiger partial charge on any atom is 0.305 e. The number of carbonyl (C=O) groups is 2. The lowest BCUT2D eigenvalue weighted by Gasteiger charge is -2.60. The van der Waals surface area contributed by atoms with E-state index in [0.717, 1.165) is 32.1 Å². The van der Waals surface area contributed by atoms with Crippen LogP contribution in [0.2, 0.25) is 0 Å². The Hall–Kier alpha value is -1.20. The first-order valence-electron chi connectivity index (χ1n) is 11.8. The van der Waals surface area contributed by atoms with Crippen molar-refractivity contribution in [1.29, 1.82) is 0 Å². The van der Waals surface area contributed by atoms with E-state index >= 15 is 0 Å². The zero-order valence-corrected chi connectivity index (χ0v) is 18.9. The zero-order chi connectivity index (χ0) is 21.8. The summed E-state index contributed by atoms with van der Waals surface area (Å²) in [6, 6.07) is 0. The van der Waals surface area contributed by atoms with Crippen molar-refractivity contribution in [3.63, 3.8) is 0 Å². The molecule has 0 heterocycles. The molecule has 0 spiro atoms. The lowest BCUT2D eigenvalue weighted by Crippen LogP contribution is -2.60. The third-order valence-electron chi connectivity index (χ3n) is 9.78. The van der Waals surface area contributed by atoms with Crippen molar-refractivity contribution in [2.45, 2.75) is 90.8 Å². The monoisotopic (exact) mass is 418 g/mol. The molecule has 0 aromatic carbocycles. The highest BCUT2D eigenvalue weighted by Crippen LogP contribution is 2.66. The van der Waals surface area contributed by atoms with Crippen LogP contribution in [0.5, 0.6) is 0 Å². The summed E-state index contributed by atoms with van der Waals surface area (Å²) >= 11 is 0. The SMILES string of the molecule is COC(=O)CC/C(C)=C1\CCC2C3C(=O)C[C@@H]4C[C@H](O)CC[C@]4(C)C3C[C@H](O)[C@]12C. The fourth-order valence-electron chi connectivity index (χ4n) is 7.93. The van der Waals surface area contributed by atoms with Crippen LogP contribution >= 0.6 is 0 Å². The van der Waals surface area contributed by atoms with Gasteiger partial charge in [0, 0.05) is 24.2 Å². The smallest absolute Gasteiger partial charge is 0.305 e. The number of methoxy groups -OCH3 is 1. The Morgan fingerprint density at radius 1 is 1.13 bits per heavy atom. The van der Waals surface area contributed by atoms with E-state index in [2.05, 4.69) is 20.8 Å². The predicted octanol–water partition coefficient (Wildman–Crippen LogP) is 3.81. The Morgan fingerprint density at radius 3 is 2.57 bits per heavy atom. The molecule has 3 unspecified atom stereocenters. The number of aliphatic hydroxyl groups excluding tert-OH is 2. The number of Topliss-reactive ketones (excluding diaryl/α,β-unsaturated/α-hetero) is 1. The second-order valence-corrected chi connectivity index (χ2v) is 10.9. The molecule has 0 aliphatic heterocycles. The van der Waals surface area contributed by atoms with Crippen LogP contribution in [0.25, 0.3) is 0 Å². The number of hydrogen-bond acceptors (Lipinski definition) is 5. The summed E-state index contributed by atoms with van der Waals surface area (Å²) in [5.41, 5.74) is 2.10. The lowest BCUT2D eigenvalue weighted by molar-refractivity contribution is -0.170. The van der Waals surface area contributed by atoms with Gasteiger partial charge in [0.25, 0.3) is 0 Å². The van der Waals surface area contributed by atoms with Gasteiger partial charge < -0.3 is 14.9 Å². The lowest BCUT2D eigenvalue weighted by atomic mass is 9.44. The number of fused-ring (bicyclic) bond motifs is 5. The molecule has 0 aromatic heterocycles. The van der Waals surface area contributed by atoms with Gasteiger partial charge in [0.05, 0.1) is 19.3 Å². The summed E-state index contributed by atoms with van der Waals surface area (Å²) in [6.07, 6.45) is 5.82. The van der Waals surface area contributed by atoms with Gasteiger partial charge in [-0.1, -0.05) is 25.0 Å². The average molecular weight is 419 g/mol. The van der Waals surface area contributed by atoms with Crippen LogP contribution in [0.3, 0.4) is 0 Å². The van der Waals surface area contributed by atoms with Gasteiger partial charge in [-0.05, 0) is 75.0 Å². The van der Waals surface area contributed by atoms with Crippen LogP contribution in [0.4, 0.5) is 0 Å². The van der Waals surface area contributed by atoms with Crippen molar-refractivity contribution in [3.05, 3.63) is 11.1 Å². The fourth-order valence-corrected chi connectivity index (χ4v) is 7.93. The largest absolute Gasteiger partial charge is 0.469 e. The van der Waals surface area contributed by atoms with Crippen molar-refractivity contribution in [2.24, 2.45) is 34.5 Å². The molecule has 5 nitrogen and oxygen atoms in total. The molecule has 4 aliphatic rings. The molecule has 168 valence electrons. The fraction of sp³-hybridized carbons (Fsp3) is 0.840. The van der Waals surface area contributed by atoms with Crippen molar-refractivity contribution in [3.8, 4) is 0 Å². The summed E-state index contributed by atoms with van der Waals surface area (Å²) in [7, 11) is 1.41.